The SMILES string of the molecule is CC(C)(O)c1cnc(-c2cc3ccn(CCCCCOC(F)F)c(=O)c3cc2F)nc1.O=c1[nH]ncc(O)c1C(F)(F)F. The average molecular weight is 616 g/mol. The molecule has 4 rings (SSSR count). The van der Waals surface area contributed by atoms with Crippen LogP contribution in [0, 0.1) is 5.82 Å². The molecule has 0 saturated heterocycles. The normalized spacial score (nSPS) is 12.0. The van der Waals surface area contributed by atoms with Crippen LogP contribution in [-0.2, 0) is 23.1 Å². The third-order valence-electron chi connectivity index (χ3n) is 6.07. The molecule has 232 valence electrons. The number of nitrogens with one attached hydrogen (secondary N) is 1. The summed E-state index contributed by atoms with van der Waals surface area (Å²) in [4.78, 5) is 31.5. The molecule has 3 aromatic heterocycles. The van der Waals surface area contributed by atoms with Gasteiger partial charge in [0.05, 0.1) is 29.4 Å². The highest BCUT2D eigenvalue weighted by Crippen LogP contribution is 2.31. The van der Waals surface area contributed by atoms with Crippen molar-refractivity contribution in [3.8, 4) is 17.1 Å². The first kappa shape index (κ1) is 33.2. The Hall–Kier alpha value is -4.31. The van der Waals surface area contributed by atoms with Crippen LogP contribution in [0.3, 0.4) is 0 Å². The van der Waals surface area contributed by atoms with E-state index < -0.39 is 41.1 Å². The molecular weight excluding hydrogens is 588 g/mol. The van der Waals surface area contributed by atoms with E-state index in [9.17, 15) is 41.0 Å². The van der Waals surface area contributed by atoms with Crippen molar-refractivity contribution in [2.45, 2.75) is 58.0 Å². The predicted octanol–water partition coefficient (Wildman–Crippen LogP) is 4.73. The topological polar surface area (TPSA) is 143 Å². The Bertz CT molecular complexity index is 1650. The van der Waals surface area contributed by atoms with Crippen molar-refractivity contribution in [1.29, 1.82) is 0 Å². The number of aromatic nitrogens is 5. The van der Waals surface area contributed by atoms with Crippen LogP contribution in [0.25, 0.3) is 22.2 Å². The van der Waals surface area contributed by atoms with Crippen LogP contribution >= 0.6 is 0 Å². The lowest BCUT2D eigenvalue weighted by molar-refractivity contribution is -0.140. The molecule has 0 aliphatic carbocycles. The van der Waals surface area contributed by atoms with E-state index in [4.69, 9.17) is 5.11 Å². The van der Waals surface area contributed by atoms with E-state index in [-0.39, 0.29) is 28.9 Å². The molecule has 0 radical (unpaired) electrons. The monoisotopic (exact) mass is 615 g/mol. The fourth-order valence-corrected chi connectivity index (χ4v) is 3.83. The maximum absolute atomic E-state index is 14.8. The van der Waals surface area contributed by atoms with Crippen LogP contribution in [-0.4, -0.2) is 48.2 Å². The maximum Gasteiger partial charge on any atom is 0.425 e. The van der Waals surface area contributed by atoms with Crippen LogP contribution in [0.1, 0.15) is 44.2 Å². The fourth-order valence-electron chi connectivity index (χ4n) is 3.83. The Morgan fingerprint density at radius 2 is 1.72 bits per heavy atom. The second kappa shape index (κ2) is 13.8. The molecule has 3 heterocycles. The van der Waals surface area contributed by atoms with Gasteiger partial charge in [-0.3, -0.25) is 9.59 Å². The molecule has 0 atom stereocenters. The van der Waals surface area contributed by atoms with E-state index in [2.05, 4.69) is 19.8 Å². The molecule has 0 aliphatic rings. The van der Waals surface area contributed by atoms with Crippen LogP contribution in [0.4, 0.5) is 26.3 Å². The lowest BCUT2D eigenvalue weighted by Gasteiger charge is -2.16. The van der Waals surface area contributed by atoms with Crippen molar-refractivity contribution in [2.24, 2.45) is 0 Å². The van der Waals surface area contributed by atoms with Gasteiger partial charge in [-0.1, -0.05) is 0 Å². The molecule has 0 amide bonds. The van der Waals surface area contributed by atoms with E-state index in [1.807, 2.05) is 0 Å². The van der Waals surface area contributed by atoms with Crippen molar-refractivity contribution >= 4 is 10.8 Å². The van der Waals surface area contributed by atoms with Gasteiger partial charge >= 0.3 is 12.8 Å². The quantitative estimate of drug-likeness (QED) is 0.181. The summed E-state index contributed by atoms with van der Waals surface area (Å²) in [6, 6.07) is 4.41. The number of alkyl halides is 5. The van der Waals surface area contributed by atoms with Crippen LogP contribution in [0.5, 0.6) is 5.75 Å². The number of benzene rings is 1. The zero-order chi connectivity index (χ0) is 31.9. The van der Waals surface area contributed by atoms with Gasteiger partial charge < -0.3 is 19.5 Å². The van der Waals surface area contributed by atoms with Crippen molar-refractivity contribution in [2.75, 3.05) is 6.61 Å². The lowest BCUT2D eigenvalue weighted by Crippen LogP contribution is -2.22. The number of H-pyrrole nitrogens is 1. The highest BCUT2D eigenvalue weighted by Gasteiger charge is 2.37. The average Bonchev–Trinajstić information content (AvgIpc) is 2.91. The van der Waals surface area contributed by atoms with Crippen molar-refractivity contribution in [3.63, 3.8) is 0 Å². The number of hydrogen-bond donors (Lipinski definition) is 3. The molecule has 0 unspecified atom stereocenters. The number of aromatic amines is 1. The number of fused-ring (bicyclic) bond motifs is 1. The van der Waals surface area contributed by atoms with Gasteiger partial charge in [-0.2, -0.15) is 27.1 Å². The second-order valence-electron chi connectivity index (χ2n) is 9.74. The number of rotatable bonds is 9. The Balaban J connectivity index is 0.000000353. The molecule has 16 heteroatoms. The van der Waals surface area contributed by atoms with Gasteiger partial charge in [-0.25, -0.2) is 19.5 Å². The highest BCUT2D eigenvalue weighted by molar-refractivity contribution is 5.85. The largest absolute Gasteiger partial charge is 0.505 e. The highest BCUT2D eigenvalue weighted by atomic mass is 19.4. The summed E-state index contributed by atoms with van der Waals surface area (Å²) in [6.07, 6.45) is 1.87. The molecule has 10 nitrogen and oxygen atoms in total. The molecular formula is C27H27F6N5O5. The summed E-state index contributed by atoms with van der Waals surface area (Å²) >= 11 is 0. The smallest absolute Gasteiger partial charge is 0.425 e. The summed E-state index contributed by atoms with van der Waals surface area (Å²) in [5.74, 6) is -1.64. The van der Waals surface area contributed by atoms with Gasteiger partial charge in [0.15, 0.2) is 17.1 Å². The molecule has 3 N–H and O–H groups in total. The number of ether oxygens (including phenoxy) is 1. The number of aromatic hydroxyl groups is 1. The van der Waals surface area contributed by atoms with E-state index in [1.54, 1.807) is 31.2 Å². The Morgan fingerprint density at radius 1 is 1.05 bits per heavy atom. The van der Waals surface area contributed by atoms with Gasteiger partial charge in [-0.05, 0) is 56.7 Å². The number of aryl methyl sites for hydroxylation is 1. The Morgan fingerprint density at radius 3 is 2.28 bits per heavy atom. The number of nitrogens with zero attached hydrogens (tertiary/aromatic N) is 4. The van der Waals surface area contributed by atoms with Gasteiger partial charge in [0, 0.05) is 30.7 Å². The fraction of sp³-hybridized carbons (Fsp3) is 0.370. The number of unbranched alkanes of at least 4 members (excludes halogenated alkanes) is 2. The molecule has 4 aromatic rings. The van der Waals surface area contributed by atoms with Gasteiger partial charge in [-0.15, -0.1) is 0 Å². The minimum absolute atomic E-state index is 0.0306. The maximum atomic E-state index is 14.8. The lowest BCUT2D eigenvalue weighted by atomic mass is 10.0. The number of hydrogen-bond acceptors (Lipinski definition) is 8. The van der Waals surface area contributed by atoms with E-state index in [0.717, 1.165) is 0 Å². The van der Waals surface area contributed by atoms with E-state index >= 15 is 0 Å². The molecule has 43 heavy (non-hydrogen) atoms. The van der Waals surface area contributed by atoms with Crippen LogP contribution in [0.15, 0.2) is 52.6 Å². The first-order chi connectivity index (χ1) is 20.1. The molecule has 0 fully saturated rings. The van der Waals surface area contributed by atoms with E-state index in [1.165, 1.54) is 29.1 Å². The van der Waals surface area contributed by atoms with Gasteiger partial charge in [0.1, 0.15) is 5.82 Å². The summed E-state index contributed by atoms with van der Waals surface area (Å²) in [7, 11) is 0. The van der Waals surface area contributed by atoms with Crippen LogP contribution in [0.2, 0.25) is 0 Å². The van der Waals surface area contributed by atoms with Crippen LogP contribution < -0.4 is 11.1 Å². The van der Waals surface area contributed by atoms with Crippen molar-refractivity contribution < 1.29 is 41.3 Å². The van der Waals surface area contributed by atoms with E-state index in [0.29, 0.717) is 43.0 Å². The first-order valence-corrected chi connectivity index (χ1v) is 12.7. The zero-order valence-electron chi connectivity index (χ0n) is 22.8. The Kier molecular flexibility index (Phi) is 10.6. The minimum atomic E-state index is -4.86. The van der Waals surface area contributed by atoms with Crippen molar-refractivity contribution in [3.05, 3.63) is 80.6 Å². The molecule has 0 saturated carbocycles. The number of aliphatic hydroxyl groups is 1. The van der Waals surface area contributed by atoms with Gasteiger partial charge in [0.2, 0.25) is 0 Å². The molecule has 0 spiro atoms. The summed E-state index contributed by atoms with van der Waals surface area (Å²) in [5, 5.41) is 23.9. The van der Waals surface area contributed by atoms with Gasteiger partial charge in [0.25, 0.3) is 11.1 Å². The Labute approximate surface area is 239 Å². The first-order valence-electron chi connectivity index (χ1n) is 12.7. The summed E-state index contributed by atoms with van der Waals surface area (Å²) in [6.45, 7) is 0.799. The second-order valence-corrected chi connectivity index (χ2v) is 9.74. The predicted molar refractivity (Wildman–Crippen MR) is 142 cm³/mol. The third-order valence-corrected chi connectivity index (χ3v) is 6.07. The number of pyridine rings is 1. The number of halogens is 6. The summed E-state index contributed by atoms with van der Waals surface area (Å²) in [5.41, 5.74) is -3.86. The zero-order valence-corrected chi connectivity index (χ0v) is 22.8. The molecule has 0 aliphatic heterocycles. The molecule has 1 aromatic carbocycles. The minimum Gasteiger partial charge on any atom is -0.505 e. The third kappa shape index (κ3) is 8.84. The molecule has 0 bridgehead atoms. The van der Waals surface area contributed by atoms with Crippen molar-refractivity contribution in [1.82, 2.24) is 24.7 Å². The summed E-state index contributed by atoms with van der Waals surface area (Å²) < 4.78 is 80.0. The standard InChI is InChI=1S/C22H24F3N3O3.C5H3F3N2O2/c1-22(2,30)15-12-26-19(27-13-15)17-10-14-6-8-28(20(29)16(14)11-18(17)23)7-4-3-5-9-31-21(24)25;6-5(7,8)3-2(11)1-9-10-4(3)12/h6,8,10-13,21,30H,3-5,7,9H2,1-2H3;1H,(H2,10,11,12).